The fourth-order valence-corrected chi connectivity index (χ4v) is 2.84. The molecule has 0 aromatic rings. The second-order valence-corrected chi connectivity index (χ2v) is 6.79. The Balaban J connectivity index is 2.75. The lowest BCUT2D eigenvalue weighted by Crippen LogP contribution is -2.62. The van der Waals surface area contributed by atoms with Gasteiger partial charge in [0.05, 0.1) is 0 Å². The molecule has 5 heteroatoms. The van der Waals surface area contributed by atoms with E-state index in [1.54, 1.807) is 0 Å². The molecule has 1 saturated carbocycles. The minimum absolute atomic E-state index is 0.207. The molecule has 0 aromatic carbocycles. The number of nitrogens with two attached hydrogens (primary N) is 1. The molecule has 1 aliphatic carbocycles. The smallest absolute Gasteiger partial charge is 0.239 e. The zero-order chi connectivity index (χ0) is 15.3. The summed E-state index contributed by atoms with van der Waals surface area (Å²) in [6.07, 6.45) is 2.21. The molecule has 118 valence electrons. The van der Waals surface area contributed by atoms with Gasteiger partial charge in [-0.1, -0.05) is 13.8 Å². The molecule has 5 nitrogen and oxygen atoms in total. The first-order valence-electron chi connectivity index (χ1n) is 7.67. The molecular weight excluding hydrogens is 252 g/mol. The molecule has 20 heavy (non-hydrogen) atoms. The van der Waals surface area contributed by atoms with Crippen LogP contribution in [0.2, 0.25) is 0 Å². The van der Waals surface area contributed by atoms with Crippen LogP contribution in [0.3, 0.4) is 0 Å². The molecule has 0 saturated heterocycles. The molecule has 1 rings (SSSR count). The maximum Gasteiger partial charge on any atom is 0.239 e. The van der Waals surface area contributed by atoms with Gasteiger partial charge in [-0.05, 0) is 45.8 Å². The third kappa shape index (κ3) is 4.72. The number of primary amides is 1. The average Bonchev–Trinajstić information content (AvgIpc) is 3.16. The van der Waals surface area contributed by atoms with Gasteiger partial charge < -0.3 is 16.0 Å². The minimum Gasteiger partial charge on any atom is -0.368 e. The Hall–Kier alpha value is -0.650. The van der Waals surface area contributed by atoms with Gasteiger partial charge >= 0.3 is 0 Å². The molecule has 0 spiro atoms. The Morgan fingerprint density at radius 2 is 1.95 bits per heavy atom. The van der Waals surface area contributed by atoms with E-state index in [0.29, 0.717) is 11.8 Å². The summed E-state index contributed by atoms with van der Waals surface area (Å²) in [7, 11) is 6.02. The molecule has 3 N–H and O–H groups in total. The Morgan fingerprint density at radius 3 is 2.30 bits per heavy atom. The Morgan fingerprint density at radius 1 is 1.35 bits per heavy atom. The van der Waals surface area contributed by atoms with E-state index in [9.17, 15) is 4.79 Å². The van der Waals surface area contributed by atoms with Crippen molar-refractivity contribution in [2.45, 2.75) is 32.2 Å². The van der Waals surface area contributed by atoms with E-state index in [4.69, 9.17) is 5.73 Å². The number of nitrogens with zero attached hydrogens (tertiary/aromatic N) is 2. The topological polar surface area (TPSA) is 61.6 Å². The van der Waals surface area contributed by atoms with Crippen LogP contribution in [0.4, 0.5) is 0 Å². The maximum absolute atomic E-state index is 12.0. The highest BCUT2D eigenvalue weighted by atomic mass is 16.1. The van der Waals surface area contributed by atoms with E-state index in [1.807, 2.05) is 7.05 Å². The summed E-state index contributed by atoms with van der Waals surface area (Å²) in [6, 6.07) is 0. The van der Waals surface area contributed by atoms with Crippen LogP contribution in [-0.4, -0.2) is 68.6 Å². The summed E-state index contributed by atoms with van der Waals surface area (Å²) >= 11 is 0. The highest BCUT2D eigenvalue weighted by Gasteiger charge is 2.49. The number of carbonyl (C=O) groups excluding carboxylic acids is 1. The van der Waals surface area contributed by atoms with E-state index >= 15 is 0 Å². The van der Waals surface area contributed by atoms with Crippen molar-refractivity contribution in [1.82, 2.24) is 15.1 Å². The van der Waals surface area contributed by atoms with Crippen LogP contribution in [-0.2, 0) is 4.79 Å². The number of carbonyl (C=O) groups is 1. The van der Waals surface area contributed by atoms with E-state index in [1.165, 1.54) is 0 Å². The first kappa shape index (κ1) is 17.4. The average molecular weight is 284 g/mol. The fourth-order valence-electron chi connectivity index (χ4n) is 2.84. The van der Waals surface area contributed by atoms with Gasteiger partial charge in [-0.2, -0.15) is 0 Å². The number of hydrogen-bond acceptors (Lipinski definition) is 4. The number of amides is 1. The molecular formula is C15H32N4O. The monoisotopic (exact) mass is 284 g/mol. The molecule has 1 fully saturated rings. The fraction of sp³-hybridized carbons (Fsp3) is 0.933. The van der Waals surface area contributed by atoms with Crippen molar-refractivity contribution in [3.05, 3.63) is 0 Å². The van der Waals surface area contributed by atoms with Crippen molar-refractivity contribution < 1.29 is 4.79 Å². The first-order valence-corrected chi connectivity index (χ1v) is 7.67. The molecule has 0 heterocycles. The highest BCUT2D eigenvalue weighted by Crippen LogP contribution is 2.40. The van der Waals surface area contributed by atoms with E-state index in [0.717, 1.165) is 39.0 Å². The summed E-state index contributed by atoms with van der Waals surface area (Å²) in [4.78, 5) is 16.6. The Labute approximate surface area is 123 Å². The standard InChI is InChI=1S/C15H32N4O/c1-12(2)10-19(9-8-18(4)5)11-15(17-3,14(16)20)13-6-7-13/h12-13,17H,6-11H2,1-5H3,(H2,16,20). The molecule has 1 aliphatic rings. The van der Waals surface area contributed by atoms with E-state index in [-0.39, 0.29) is 5.91 Å². The maximum atomic E-state index is 12.0. The van der Waals surface area contributed by atoms with Crippen molar-refractivity contribution >= 4 is 5.91 Å². The number of rotatable bonds is 10. The van der Waals surface area contributed by atoms with Crippen molar-refractivity contribution in [1.29, 1.82) is 0 Å². The molecule has 1 unspecified atom stereocenters. The summed E-state index contributed by atoms with van der Waals surface area (Å²) in [6.45, 7) is 8.10. The zero-order valence-electron chi connectivity index (χ0n) is 13.8. The quantitative estimate of drug-likeness (QED) is 0.608. The van der Waals surface area contributed by atoms with Gasteiger partial charge in [-0.15, -0.1) is 0 Å². The van der Waals surface area contributed by atoms with Crippen molar-refractivity contribution in [2.75, 3.05) is 47.3 Å². The molecule has 0 aromatic heterocycles. The Kier molecular flexibility index (Phi) is 6.43. The van der Waals surface area contributed by atoms with Crippen molar-refractivity contribution in [3.8, 4) is 0 Å². The molecule has 0 bridgehead atoms. The van der Waals surface area contributed by atoms with E-state index in [2.05, 4.69) is 43.1 Å². The van der Waals surface area contributed by atoms with Crippen LogP contribution in [0.5, 0.6) is 0 Å². The van der Waals surface area contributed by atoms with Gasteiger partial charge in [0.15, 0.2) is 0 Å². The molecule has 0 aliphatic heterocycles. The third-order valence-corrected chi connectivity index (χ3v) is 4.12. The van der Waals surface area contributed by atoms with E-state index < -0.39 is 5.54 Å². The van der Waals surface area contributed by atoms with Gasteiger partial charge in [0.2, 0.25) is 5.91 Å². The summed E-state index contributed by atoms with van der Waals surface area (Å²) < 4.78 is 0. The van der Waals surface area contributed by atoms with Crippen LogP contribution in [0.25, 0.3) is 0 Å². The predicted octanol–water partition coefficient (Wildman–Crippen LogP) is 0.360. The summed E-state index contributed by atoms with van der Waals surface area (Å²) in [5.74, 6) is 0.777. The van der Waals surface area contributed by atoms with Gasteiger partial charge in [0, 0.05) is 26.2 Å². The van der Waals surface area contributed by atoms with Crippen LogP contribution in [0.15, 0.2) is 0 Å². The van der Waals surface area contributed by atoms with Crippen LogP contribution in [0, 0.1) is 11.8 Å². The van der Waals surface area contributed by atoms with Crippen LogP contribution in [0.1, 0.15) is 26.7 Å². The van der Waals surface area contributed by atoms with Crippen LogP contribution >= 0.6 is 0 Å². The second-order valence-electron chi connectivity index (χ2n) is 6.79. The normalized spacial score (nSPS) is 18.8. The lowest BCUT2D eigenvalue weighted by molar-refractivity contribution is -0.126. The molecule has 0 radical (unpaired) electrons. The van der Waals surface area contributed by atoms with Gasteiger partial charge in [0.25, 0.3) is 0 Å². The SMILES string of the molecule is CNC(CN(CCN(C)C)CC(C)C)(C(N)=O)C1CC1. The highest BCUT2D eigenvalue weighted by molar-refractivity contribution is 5.86. The van der Waals surface area contributed by atoms with Gasteiger partial charge in [-0.3, -0.25) is 9.69 Å². The third-order valence-electron chi connectivity index (χ3n) is 4.12. The lowest BCUT2D eigenvalue weighted by atomic mass is 9.91. The van der Waals surface area contributed by atoms with Crippen LogP contribution < -0.4 is 11.1 Å². The summed E-state index contributed by atoms with van der Waals surface area (Å²) in [5, 5.41) is 3.24. The van der Waals surface area contributed by atoms with Crippen molar-refractivity contribution in [3.63, 3.8) is 0 Å². The zero-order valence-corrected chi connectivity index (χ0v) is 13.8. The minimum atomic E-state index is -0.554. The molecule has 1 atom stereocenters. The largest absolute Gasteiger partial charge is 0.368 e. The first-order chi connectivity index (χ1) is 9.31. The van der Waals surface area contributed by atoms with Gasteiger partial charge in [-0.25, -0.2) is 0 Å². The summed E-state index contributed by atoms with van der Waals surface area (Å²) in [5.41, 5.74) is 5.17. The van der Waals surface area contributed by atoms with Crippen molar-refractivity contribution in [2.24, 2.45) is 17.6 Å². The Bertz CT molecular complexity index is 315. The lowest BCUT2D eigenvalue weighted by Gasteiger charge is -2.37. The predicted molar refractivity (Wildman–Crippen MR) is 83.5 cm³/mol. The number of nitrogens with one attached hydrogen (secondary N) is 1. The number of hydrogen-bond donors (Lipinski definition) is 2. The second kappa shape index (κ2) is 7.38. The van der Waals surface area contributed by atoms with Gasteiger partial charge in [0.1, 0.15) is 5.54 Å². The molecule has 1 amide bonds. The number of likely N-dealkylation sites (N-methyl/N-ethyl adjacent to an activating group) is 2.